The summed E-state index contributed by atoms with van der Waals surface area (Å²) < 4.78 is 9.29. The van der Waals surface area contributed by atoms with Gasteiger partial charge in [0.1, 0.15) is 0 Å². The van der Waals surface area contributed by atoms with E-state index >= 15 is 0 Å². The lowest BCUT2D eigenvalue weighted by Crippen LogP contribution is -2.25. The largest absolute Gasteiger partial charge is 0.376 e. The van der Waals surface area contributed by atoms with E-state index in [2.05, 4.69) is 21.7 Å². The van der Waals surface area contributed by atoms with Gasteiger partial charge in [0.25, 0.3) is 0 Å². The summed E-state index contributed by atoms with van der Waals surface area (Å²) in [5.41, 5.74) is 2.57. The summed E-state index contributed by atoms with van der Waals surface area (Å²) in [7, 11) is 0. The van der Waals surface area contributed by atoms with Crippen LogP contribution < -0.4 is 5.69 Å². The number of rotatable bonds is 7. The Bertz CT molecular complexity index is 814. The number of hydrogen-bond donors (Lipinski definition) is 1. The molecule has 3 heterocycles. The first-order chi connectivity index (χ1) is 12.0. The predicted molar refractivity (Wildman–Crippen MR) is 96.5 cm³/mol. The second kappa shape index (κ2) is 7.61. The smallest absolute Gasteiger partial charge is 0.344 e. The Hall–Kier alpha value is -1.80. The fraction of sp³-hybridized carbons (Fsp3) is 0.588. The molecule has 1 N–H and O–H groups in total. The lowest BCUT2D eigenvalue weighted by Gasteiger charge is -2.10. The average Bonchev–Trinajstić information content (AvgIpc) is 3.28. The van der Waals surface area contributed by atoms with Gasteiger partial charge in [-0.05, 0) is 39.7 Å². The van der Waals surface area contributed by atoms with Crippen LogP contribution in [-0.2, 0) is 17.8 Å². The van der Waals surface area contributed by atoms with Crippen molar-refractivity contribution < 1.29 is 9.53 Å². The van der Waals surface area contributed by atoms with Crippen LogP contribution in [0.3, 0.4) is 0 Å². The maximum atomic E-state index is 12.6. The molecule has 8 heteroatoms. The Balaban J connectivity index is 1.69. The summed E-state index contributed by atoms with van der Waals surface area (Å²) in [5, 5.41) is 7.07. The third kappa shape index (κ3) is 3.74. The first kappa shape index (κ1) is 18.0. The van der Waals surface area contributed by atoms with Crippen LogP contribution in [0.2, 0.25) is 0 Å². The molecular weight excluding hydrogens is 340 g/mol. The quantitative estimate of drug-likeness (QED) is 0.601. The molecule has 2 aromatic rings. The highest BCUT2D eigenvalue weighted by Crippen LogP contribution is 2.21. The summed E-state index contributed by atoms with van der Waals surface area (Å²) in [5.74, 6) is 0.306. The fourth-order valence-corrected chi connectivity index (χ4v) is 4.18. The van der Waals surface area contributed by atoms with Gasteiger partial charge in [-0.25, -0.2) is 9.89 Å². The molecular formula is C17H24N4O3S. The van der Waals surface area contributed by atoms with Gasteiger partial charge in [0, 0.05) is 30.1 Å². The van der Waals surface area contributed by atoms with Crippen LogP contribution in [-0.4, -0.2) is 43.6 Å². The molecule has 1 unspecified atom stereocenters. The van der Waals surface area contributed by atoms with Gasteiger partial charge >= 0.3 is 5.69 Å². The monoisotopic (exact) mass is 364 g/mol. The van der Waals surface area contributed by atoms with E-state index in [1.165, 1.54) is 11.8 Å². The van der Waals surface area contributed by atoms with Crippen molar-refractivity contribution in [1.29, 1.82) is 0 Å². The number of carbonyl (C=O) groups excluding carboxylic acids is 1. The van der Waals surface area contributed by atoms with Gasteiger partial charge in [0.2, 0.25) is 0 Å². The highest BCUT2D eigenvalue weighted by Gasteiger charge is 2.21. The molecule has 0 bridgehead atoms. The number of ketones is 1. The van der Waals surface area contributed by atoms with E-state index in [1.807, 2.05) is 19.9 Å². The van der Waals surface area contributed by atoms with Crippen molar-refractivity contribution in [3.8, 4) is 0 Å². The van der Waals surface area contributed by atoms with Crippen molar-refractivity contribution in [2.24, 2.45) is 0 Å². The molecule has 0 saturated carbocycles. The molecule has 1 fully saturated rings. The Morgan fingerprint density at radius 3 is 2.88 bits per heavy atom. The number of ether oxygens (including phenoxy) is 1. The van der Waals surface area contributed by atoms with Crippen LogP contribution >= 0.6 is 11.8 Å². The minimum Gasteiger partial charge on any atom is -0.376 e. The minimum atomic E-state index is -0.255. The summed E-state index contributed by atoms with van der Waals surface area (Å²) in [6.07, 6.45) is 2.02. The molecule has 3 rings (SSSR count). The molecule has 136 valence electrons. The van der Waals surface area contributed by atoms with Gasteiger partial charge in [-0.1, -0.05) is 11.8 Å². The summed E-state index contributed by atoms with van der Waals surface area (Å²) in [6, 6.07) is 1.94. The first-order valence-corrected chi connectivity index (χ1v) is 9.59. The number of Topliss-reactive ketones (excluding diaryl/α,β-unsaturated/α-hetero) is 1. The van der Waals surface area contributed by atoms with Gasteiger partial charge in [0.15, 0.2) is 10.9 Å². The number of hydrogen-bond acceptors (Lipinski definition) is 5. The normalized spacial score (nSPS) is 17.3. The lowest BCUT2D eigenvalue weighted by molar-refractivity contribution is 0.0941. The highest BCUT2D eigenvalue weighted by molar-refractivity contribution is 7.99. The topological polar surface area (TPSA) is 81.9 Å². The zero-order chi connectivity index (χ0) is 18.0. The van der Waals surface area contributed by atoms with Gasteiger partial charge < -0.3 is 9.30 Å². The van der Waals surface area contributed by atoms with Crippen molar-refractivity contribution in [3.63, 3.8) is 0 Å². The Labute approximate surface area is 150 Å². The number of carbonyl (C=O) groups is 1. The second-order valence-electron chi connectivity index (χ2n) is 6.30. The molecule has 0 radical (unpaired) electrons. The first-order valence-electron chi connectivity index (χ1n) is 8.60. The van der Waals surface area contributed by atoms with Crippen LogP contribution in [0.4, 0.5) is 0 Å². The Morgan fingerprint density at radius 2 is 2.24 bits per heavy atom. The molecule has 2 aromatic heterocycles. The van der Waals surface area contributed by atoms with Crippen molar-refractivity contribution in [2.45, 2.75) is 58.0 Å². The van der Waals surface area contributed by atoms with E-state index in [0.717, 1.165) is 42.9 Å². The van der Waals surface area contributed by atoms with Gasteiger partial charge in [-0.15, -0.1) is 5.10 Å². The molecule has 1 aliphatic rings. The van der Waals surface area contributed by atoms with Crippen molar-refractivity contribution >= 4 is 17.5 Å². The fourth-order valence-electron chi connectivity index (χ4n) is 3.34. The number of thioether (sulfide) groups is 1. The van der Waals surface area contributed by atoms with E-state index in [1.54, 1.807) is 4.57 Å². The zero-order valence-electron chi connectivity index (χ0n) is 14.9. The number of aromatic amines is 1. The van der Waals surface area contributed by atoms with E-state index in [-0.39, 0.29) is 23.3 Å². The Kier molecular flexibility index (Phi) is 5.48. The third-order valence-corrected chi connectivity index (χ3v) is 5.63. The molecule has 25 heavy (non-hydrogen) atoms. The maximum absolute atomic E-state index is 12.6. The van der Waals surface area contributed by atoms with Crippen molar-refractivity contribution in [2.75, 3.05) is 12.4 Å². The average molecular weight is 364 g/mol. The van der Waals surface area contributed by atoms with Crippen molar-refractivity contribution in [3.05, 3.63) is 33.5 Å². The van der Waals surface area contributed by atoms with Crippen LogP contribution in [0.25, 0.3) is 0 Å². The standard InChI is InChI=1S/C17H24N4O3S/c1-4-20-11(2)8-14(12(20)3)15(22)10-25-17-19-18-16(23)21(17)9-13-6-5-7-24-13/h8,13H,4-7,9-10H2,1-3H3,(H,18,23). The van der Waals surface area contributed by atoms with E-state index < -0.39 is 0 Å². The summed E-state index contributed by atoms with van der Waals surface area (Å²) in [4.78, 5) is 24.6. The maximum Gasteiger partial charge on any atom is 0.344 e. The lowest BCUT2D eigenvalue weighted by atomic mass is 10.2. The summed E-state index contributed by atoms with van der Waals surface area (Å²) in [6.45, 7) is 8.11. The van der Waals surface area contributed by atoms with Gasteiger partial charge in [-0.2, -0.15) is 0 Å². The minimum absolute atomic E-state index is 0.0498. The second-order valence-corrected chi connectivity index (χ2v) is 7.24. The van der Waals surface area contributed by atoms with E-state index in [9.17, 15) is 9.59 Å². The van der Waals surface area contributed by atoms with Crippen LogP contribution in [0.15, 0.2) is 16.0 Å². The number of nitrogens with zero attached hydrogens (tertiary/aromatic N) is 3. The molecule has 1 atom stereocenters. The van der Waals surface area contributed by atoms with Crippen LogP contribution in [0, 0.1) is 13.8 Å². The number of nitrogens with one attached hydrogen (secondary N) is 1. The molecule has 0 amide bonds. The SMILES string of the molecule is CCn1c(C)cc(C(=O)CSc2n[nH]c(=O)n2CC2CCCO2)c1C. The molecule has 1 saturated heterocycles. The van der Waals surface area contributed by atoms with Crippen molar-refractivity contribution in [1.82, 2.24) is 19.3 Å². The van der Waals surface area contributed by atoms with Crippen LogP contribution in [0.1, 0.15) is 41.5 Å². The third-order valence-electron chi connectivity index (χ3n) is 4.66. The van der Waals surface area contributed by atoms with Gasteiger partial charge in [-0.3, -0.25) is 9.36 Å². The molecule has 7 nitrogen and oxygen atoms in total. The molecule has 0 spiro atoms. The van der Waals surface area contributed by atoms with Crippen LogP contribution in [0.5, 0.6) is 0 Å². The Morgan fingerprint density at radius 1 is 1.44 bits per heavy atom. The predicted octanol–water partition coefficient (Wildman–Crippen LogP) is 2.16. The van der Waals surface area contributed by atoms with Gasteiger partial charge in [0.05, 0.1) is 18.4 Å². The van der Waals surface area contributed by atoms with E-state index in [0.29, 0.717) is 11.7 Å². The number of H-pyrrole nitrogens is 1. The molecule has 1 aliphatic heterocycles. The number of aromatic nitrogens is 4. The summed E-state index contributed by atoms with van der Waals surface area (Å²) >= 11 is 1.29. The molecule has 0 aliphatic carbocycles. The molecule has 0 aromatic carbocycles. The zero-order valence-corrected chi connectivity index (χ0v) is 15.7. The number of aryl methyl sites for hydroxylation is 1. The highest BCUT2D eigenvalue weighted by atomic mass is 32.2. The van der Waals surface area contributed by atoms with E-state index in [4.69, 9.17) is 4.74 Å².